The average Bonchev–Trinajstić information content (AvgIpc) is 2.27. The van der Waals surface area contributed by atoms with Crippen LogP contribution in [0.1, 0.15) is 12.5 Å². The quantitative estimate of drug-likeness (QED) is 0.818. The van der Waals surface area contributed by atoms with E-state index in [-0.39, 0.29) is 24.5 Å². The molecule has 1 atom stereocenters. The van der Waals surface area contributed by atoms with Crippen LogP contribution >= 0.6 is 0 Å². The predicted molar refractivity (Wildman–Crippen MR) is 56.4 cm³/mol. The summed E-state index contributed by atoms with van der Waals surface area (Å²) >= 11 is 0. The van der Waals surface area contributed by atoms with Crippen LogP contribution in [0.3, 0.4) is 0 Å². The summed E-state index contributed by atoms with van der Waals surface area (Å²) in [5.41, 5.74) is 4.62. The molecule has 0 bridgehead atoms. The molecule has 3 nitrogen and oxygen atoms in total. The minimum absolute atomic E-state index is 0.0302. The van der Waals surface area contributed by atoms with Crippen molar-refractivity contribution < 1.29 is 18.6 Å². The largest absolute Gasteiger partial charge is 0.496 e. The van der Waals surface area contributed by atoms with E-state index < -0.39 is 17.0 Å². The Kier molecular flexibility index (Phi) is 3.83. The number of hydrogen-bond acceptors (Lipinski definition) is 3. The monoisotopic (exact) mass is 231 g/mol. The fraction of sp³-hybridized carbons (Fsp3) is 0.455. The molecule has 1 rings (SSSR count). The highest BCUT2D eigenvalue weighted by Crippen LogP contribution is 2.34. The molecule has 1 aromatic carbocycles. The molecule has 3 N–H and O–H groups in total. The predicted octanol–water partition coefficient (Wildman–Crippen LogP) is 1.18. The first-order valence-electron chi connectivity index (χ1n) is 4.83. The molecule has 1 unspecified atom stereocenters. The van der Waals surface area contributed by atoms with Crippen molar-refractivity contribution in [3.63, 3.8) is 0 Å². The Morgan fingerprint density at radius 2 is 2.06 bits per heavy atom. The highest BCUT2D eigenvalue weighted by Gasteiger charge is 2.31. The van der Waals surface area contributed by atoms with Gasteiger partial charge in [-0.1, -0.05) is 6.92 Å². The minimum atomic E-state index is -0.983. The topological polar surface area (TPSA) is 55.5 Å². The molecular weight excluding hydrogens is 216 g/mol. The van der Waals surface area contributed by atoms with Crippen molar-refractivity contribution in [3.05, 3.63) is 29.3 Å². The highest BCUT2D eigenvalue weighted by molar-refractivity contribution is 5.41. The number of nitrogens with two attached hydrogens (primary N) is 1. The van der Waals surface area contributed by atoms with Crippen LogP contribution in [-0.4, -0.2) is 25.4 Å². The van der Waals surface area contributed by atoms with Gasteiger partial charge < -0.3 is 15.6 Å². The van der Waals surface area contributed by atoms with Crippen LogP contribution < -0.4 is 10.5 Å². The van der Waals surface area contributed by atoms with Crippen LogP contribution in [0.25, 0.3) is 0 Å². The molecule has 0 aliphatic rings. The maximum absolute atomic E-state index is 13.7. The first kappa shape index (κ1) is 12.9. The SMILES string of the molecule is COc1cc(F)cc(F)c1C(C)(CN)CO. The van der Waals surface area contributed by atoms with E-state index in [4.69, 9.17) is 10.5 Å². The van der Waals surface area contributed by atoms with Crippen LogP contribution in [0.4, 0.5) is 8.78 Å². The summed E-state index contributed by atoms with van der Waals surface area (Å²) in [5.74, 6) is -1.44. The van der Waals surface area contributed by atoms with Gasteiger partial charge in [0.15, 0.2) is 0 Å². The van der Waals surface area contributed by atoms with E-state index in [1.807, 2.05) is 0 Å². The summed E-state index contributed by atoms with van der Waals surface area (Å²) in [7, 11) is 1.31. The second-order valence-electron chi connectivity index (χ2n) is 3.89. The van der Waals surface area contributed by atoms with Crippen molar-refractivity contribution >= 4 is 0 Å². The van der Waals surface area contributed by atoms with Crippen LogP contribution in [0.2, 0.25) is 0 Å². The zero-order valence-corrected chi connectivity index (χ0v) is 9.26. The number of aliphatic hydroxyl groups is 1. The molecule has 5 heteroatoms. The van der Waals surface area contributed by atoms with Crippen molar-refractivity contribution in [3.8, 4) is 5.75 Å². The Morgan fingerprint density at radius 3 is 2.50 bits per heavy atom. The third kappa shape index (κ3) is 2.15. The molecule has 0 fully saturated rings. The molecule has 90 valence electrons. The van der Waals surface area contributed by atoms with Gasteiger partial charge in [0, 0.05) is 29.7 Å². The summed E-state index contributed by atoms with van der Waals surface area (Å²) in [6.45, 7) is 1.27. The Hall–Kier alpha value is -1.20. The third-order valence-corrected chi connectivity index (χ3v) is 2.64. The van der Waals surface area contributed by atoms with Crippen LogP contribution in [0.5, 0.6) is 5.75 Å². The fourth-order valence-electron chi connectivity index (χ4n) is 1.54. The fourth-order valence-corrected chi connectivity index (χ4v) is 1.54. The number of halogens is 2. The van der Waals surface area contributed by atoms with Crippen molar-refractivity contribution in [2.75, 3.05) is 20.3 Å². The summed E-state index contributed by atoms with van der Waals surface area (Å²) in [6, 6.07) is 1.82. The van der Waals surface area contributed by atoms with Crippen molar-refractivity contribution in [2.24, 2.45) is 5.73 Å². The van der Waals surface area contributed by atoms with E-state index in [1.165, 1.54) is 7.11 Å². The lowest BCUT2D eigenvalue weighted by molar-refractivity contribution is 0.202. The van der Waals surface area contributed by atoms with Gasteiger partial charge in [-0.2, -0.15) is 0 Å². The number of aliphatic hydroxyl groups excluding tert-OH is 1. The van der Waals surface area contributed by atoms with Crippen molar-refractivity contribution in [1.29, 1.82) is 0 Å². The average molecular weight is 231 g/mol. The summed E-state index contributed by atoms with van der Waals surface area (Å²) < 4.78 is 31.6. The number of benzene rings is 1. The molecule has 1 aromatic rings. The van der Waals surface area contributed by atoms with E-state index >= 15 is 0 Å². The highest BCUT2D eigenvalue weighted by atomic mass is 19.1. The third-order valence-electron chi connectivity index (χ3n) is 2.64. The standard InChI is InChI=1S/C11H15F2NO2/c1-11(5-14,6-15)10-8(13)3-7(12)4-9(10)16-2/h3-4,15H,5-6,14H2,1-2H3. The van der Waals surface area contributed by atoms with Gasteiger partial charge in [0.2, 0.25) is 0 Å². The van der Waals surface area contributed by atoms with Crippen LogP contribution in [0, 0.1) is 11.6 Å². The lowest BCUT2D eigenvalue weighted by Gasteiger charge is -2.28. The second-order valence-corrected chi connectivity index (χ2v) is 3.89. The normalized spacial score (nSPS) is 14.6. The molecule has 0 aliphatic heterocycles. The van der Waals surface area contributed by atoms with E-state index in [0.717, 1.165) is 12.1 Å². The first-order chi connectivity index (χ1) is 7.48. The van der Waals surface area contributed by atoms with Gasteiger partial charge >= 0.3 is 0 Å². The smallest absolute Gasteiger partial charge is 0.133 e. The van der Waals surface area contributed by atoms with Crippen molar-refractivity contribution in [1.82, 2.24) is 0 Å². The Labute approximate surface area is 92.8 Å². The summed E-state index contributed by atoms with van der Waals surface area (Å²) in [4.78, 5) is 0. The maximum atomic E-state index is 13.7. The maximum Gasteiger partial charge on any atom is 0.133 e. The molecule has 0 saturated heterocycles. The van der Waals surface area contributed by atoms with Gasteiger partial charge in [-0.05, 0) is 0 Å². The van der Waals surface area contributed by atoms with E-state index in [2.05, 4.69) is 0 Å². The zero-order chi connectivity index (χ0) is 12.3. The van der Waals surface area contributed by atoms with E-state index in [9.17, 15) is 13.9 Å². The van der Waals surface area contributed by atoms with Gasteiger partial charge in [0.1, 0.15) is 17.4 Å². The number of ether oxygens (including phenoxy) is 1. The van der Waals surface area contributed by atoms with E-state index in [1.54, 1.807) is 6.92 Å². The van der Waals surface area contributed by atoms with Crippen LogP contribution in [-0.2, 0) is 5.41 Å². The van der Waals surface area contributed by atoms with Crippen molar-refractivity contribution in [2.45, 2.75) is 12.3 Å². The Bertz CT molecular complexity index is 378. The molecule has 0 heterocycles. The number of rotatable bonds is 4. The number of hydrogen-bond donors (Lipinski definition) is 2. The summed E-state index contributed by atoms with van der Waals surface area (Å²) in [5, 5.41) is 9.26. The molecule has 0 spiro atoms. The Balaban J connectivity index is 3.41. The van der Waals surface area contributed by atoms with Gasteiger partial charge in [0.25, 0.3) is 0 Å². The molecular formula is C11H15F2NO2. The zero-order valence-electron chi connectivity index (χ0n) is 9.26. The molecule has 16 heavy (non-hydrogen) atoms. The molecule has 0 aromatic heterocycles. The number of methoxy groups -OCH3 is 1. The van der Waals surface area contributed by atoms with Crippen LogP contribution in [0.15, 0.2) is 12.1 Å². The lowest BCUT2D eigenvalue weighted by atomic mass is 9.82. The molecule has 0 amide bonds. The minimum Gasteiger partial charge on any atom is -0.496 e. The van der Waals surface area contributed by atoms with Gasteiger partial charge in [-0.3, -0.25) is 0 Å². The lowest BCUT2D eigenvalue weighted by Crippen LogP contribution is -2.37. The second kappa shape index (κ2) is 4.76. The first-order valence-corrected chi connectivity index (χ1v) is 4.83. The van der Waals surface area contributed by atoms with Gasteiger partial charge in [-0.25, -0.2) is 8.78 Å². The molecule has 0 saturated carbocycles. The van der Waals surface area contributed by atoms with Gasteiger partial charge in [-0.15, -0.1) is 0 Å². The molecule has 0 radical (unpaired) electrons. The Morgan fingerprint density at radius 1 is 1.44 bits per heavy atom. The van der Waals surface area contributed by atoms with E-state index in [0.29, 0.717) is 0 Å². The molecule has 0 aliphatic carbocycles. The van der Waals surface area contributed by atoms with Gasteiger partial charge in [0.05, 0.1) is 13.7 Å². The summed E-state index contributed by atoms with van der Waals surface area (Å²) in [6.07, 6.45) is 0.